The lowest BCUT2D eigenvalue weighted by atomic mass is 10.0. The molecule has 15 heavy (non-hydrogen) atoms. The van der Waals surface area contributed by atoms with Gasteiger partial charge in [0, 0.05) is 5.25 Å². The van der Waals surface area contributed by atoms with Gasteiger partial charge in [-0.05, 0) is 23.6 Å². The Morgan fingerprint density at radius 2 is 1.33 bits per heavy atom. The van der Waals surface area contributed by atoms with E-state index in [9.17, 15) is 0 Å². The molecule has 0 saturated heterocycles. The summed E-state index contributed by atoms with van der Waals surface area (Å²) in [6.07, 6.45) is 0. The van der Waals surface area contributed by atoms with Gasteiger partial charge in [-0.15, -0.1) is 0 Å². The number of thiol groups is 1. The molecule has 0 heterocycles. The normalized spacial score (nSPS) is 12.4. The van der Waals surface area contributed by atoms with Crippen molar-refractivity contribution in [1.29, 1.82) is 0 Å². The van der Waals surface area contributed by atoms with Crippen LogP contribution in [0.5, 0.6) is 0 Å². The fraction of sp³-hybridized carbons (Fsp3) is 0.143. The average Bonchev–Trinajstić information content (AvgIpc) is 2.30. The first-order chi connectivity index (χ1) is 7.27. The maximum absolute atomic E-state index is 4.41. The SMILES string of the molecule is CC(S)c1ccc(-c2ccccc2)cc1. The van der Waals surface area contributed by atoms with E-state index in [1.807, 2.05) is 6.07 Å². The molecule has 0 bridgehead atoms. The first-order valence-corrected chi connectivity index (χ1v) is 5.62. The Kier molecular flexibility index (Phi) is 3.12. The summed E-state index contributed by atoms with van der Waals surface area (Å²) in [6.45, 7) is 2.08. The summed E-state index contributed by atoms with van der Waals surface area (Å²) < 4.78 is 0. The molecule has 0 aromatic heterocycles. The van der Waals surface area contributed by atoms with Gasteiger partial charge in [0.2, 0.25) is 0 Å². The summed E-state index contributed by atoms with van der Waals surface area (Å²) in [4.78, 5) is 0. The predicted molar refractivity (Wildman–Crippen MR) is 69.3 cm³/mol. The van der Waals surface area contributed by atoms with Gasteiger partial charge in [-0.2, -0.15) is 12.6 Å². The third kappa shape index (κ3) is 2.42. The second-order valence-electron chi connectivity index (χ2n) is 3.66. The fourth-order valence-corrected chi connectivity index (χ4v) is 1.76. The highest BCUT2D eigenvalue weighted by Crippen LogP contribution is 2.23. The van der Waals surface area contributed by atoms with Crippen LogP contribution >= 0.6 is 12.6 Å². The van der Waals surface area contributed by atoms with E-state index in [2.05, 4.69) is 68.1 Å². The first-order valence-electron chi connectivity index (χ1n) is 5.11. The summed E-state index contributed by atoms with van der Waals surface area (Å²) >= 11 is 4.41. The predicted octanol–water partition coefficient (Wildman–Crippen LogP) is 4.34. The van der Waals surface area contributed by atoms with E-state index < -0.39 is 0 Å². The highest BCUT2D eigenvalue weighted by atomic mass is 32.1. The lowest BCUT2D eigenvalue weighted by molar-refractivity contribution is 1.11. The van der Waals surface area contributed by atoms with Crippen LogP contribution in [0.15, 0.2) is 54.6 Å². The van der Waals surface area contributed by atoms with Gasteiger partial charge in [0.1, 0.15) is 0 Å². The van der Waals surface area contributed by atoms with Crippen molar-refractivity contribution < 1.29 is 0 Å². The van der Waals surface area contributed by atoms with Crippen molar-refractivity contribution in [3.05, 3.63) is 60.2 Å². The topological polar surface area (TPSA) is 0 Å². The molecule has 0 aliphatic heterocycles. The summed E-state index contributed by atoms with van der Waals surface area (Å²) in [7, 11) is 0. The van der Waals surface area contributed by atoms with Gasteiger partial charge in [0.05, 0.1) is 0 Å². The summed E-state index contributed by atoms with van der Waals surface area (Å²) in [5.41, 5.74) is 3.78. The Balaban J connectivity index is 2.32. The van der Waals surface area contributed by atoms with Crippen LogP contribution in [-0.4, -0.2) is 0 Å². The molecule has 0 radical (unpaired) electrons. The second kappa shape index (κ2) is 4.54. The van der Waals surface area contributed by atoms with Crippen molar-refractivity contribution in [2.45, 2.75) is 12.2 Å². The van der Waals surface area contributed by atoms with E-state index >= 15 is 0 Å². The quantitative estimate of drug-likeness (QED) is 0.706. The molecule has 0 aliphatic rings. The molecule has 1 heteroatoms. The van der Waals surface area contributed by atoms with Crippen molar-refractivity contribution in [3.8, 4) is 11.1 Å². The molecule has 1 atom stereocenters. The Labute approximate surface area is 96.4 Å². The standard InChI is InChI=1S/C14H14S/c1-11(15)12-7-9-14(10-8-12)13-5-3-2-4-6-13/h2-11,15H,1H3. The van der Waals surface area contributed by atoms with Crippen molar-refractivity contribution in [3.63, 3.8) is 0 Å². The smallest absolute Gasteiger partial charge is 0.0238 e. The summed E-state index contributed by atoms with van der Waals surface area (Å²) in [5.74, 6) is 0. The van der Waals surface area contributed by atoms with Gasteiger partial charge in [-0.1, -0.05) is 54.6 Å². The monoisotopic (exact) mass is 214 g/mol. The van der Waals surface area contributed by atoms with E-state index in [0.29, 0.717) is 5.25 Å². The maximum Gasteiger partial charge on any atom is 0.0238 e. The molecule has 0 amide bonds. The average molecular weight is 214 g/mol. The molecule has 0 N–H and O–H groups in total. The van der Waals surface area contributed by atoms with Crippen molar-refractivity contribution in [2.75, 3.05) is 0 Å². The molecule has 1 unspecified atom stereocenters. The van der Waals surface area contributed by atoms with Gasteiger partial charge >= 0.3 is 0 Å². The zero-order chi connectivity index (χ0) is 10.7. The Bertz CT molecular complexity index is 415. The zero-order valence-corrected chi connectivity index (χ0v) is 9.62. The van der Waals surface area contributed by atoms with Crippen LogP contribution in [0.4, 0.5) is 0 Å². The molecule has 0 fully saturated rings. The minimum Gasteiger partial charge on any atom is -0.171 e. The van der Waals surface area contributed by atoms with Crippen molar-refractivity contribution in [1.82, 2.24) is 0 Å². The van der Waals surface area contributed by atoms with E-state index in [0.717, 1.165) is 0 Å². The number of hydrogen-bond acceptors (Lipinski definition) is 1. The molecular weight excluding hydrogens is 200 g/mol. The lowest BCUT2D eigenvalue weighted by Crippen LogP contribution is -1.84. The van der Waals surface area contributed by atoms with Crippen LogP contribution in [0, 0.1) is 0 Å². The molecular formula is C14H14S. The van der Waals surface area contributed by atoms with Crippen LogP contribution < -0.4 is 0 Å². The number of rotatable bonds is 2. The van der Waals surface area contributed by atoms with E-state index in [1.54, 1.807) is 0 Å². The lowest BCUT2D eigenvalue weighted by Gasteiger charge is -2.06. The van der Waals surface area contributed by atoms with Crippen molar-refractivity contribution >= 4 is 12.6 Å². The van der Waals surface area contributed by atoms with Crippen molar-refractivity contribution in [2.24, 2.45) is 0 Å². The largest absolute Gasteiger partial charge is 0.171 e. The Morgan fingerprint density at radius 3 is 1.87 bits per heavy atom. The molecule has 76 valence electrons. The minimum absolute atomic E-state index is 0.301. The highest BCUT2D eigenvalue weighted by Gasteiger charge is 2.00. The summed E-state index contributed by atoms with van der Waals surface area (Å²) in [6, 6.07) is 19.0. The number of hydrogen-bond donors (Lipinski definition) is 1. The summed E-state index contributed by atoms with van der Waals surface area (Å²) in [5, 5.41) is 0.301. The third-order valence-electron chi connectivity index (χ3n) is 2.50. The van der Waals surface area contributed by atoms with Crippen LogP contribution in [0.2, 0.25) is 0 Å². The van der Waals surface area contributed by atoms with Gasteiger partial charge in [0.25, 0.3) is 0 Å². The molecule has 0 nitrogen and oxygen atoms in total. The fourth-order valence-electron chi connectivity index (χ4n) is 1.58. The maximum atomic E-state index is 4.41. The number of benzene rings is 2. The highest BCUT2D eigenvalue weighted by molar-refractivity contribution is 7.80. The van der Waals surface area contributed by atoms with Gasteiger partial charge in [-0.3, -0.25) is 0 Å². The van der Waals surface area contributed by atoms with Gasteiger partial charge in [-0.25, -0.2) is 0 Å². The molecule has 0 spiro atoms. The van der Waals surface area contributed by atoms with Crippen LogP contribution in [0.1, 0.15) is 17.7 Å². The first kappa shape index (κ1) is 10.3. The van der Waals surface area contributed by atoms with E-state index in [1.165, 1.54) is 16.7 Å². The molecule has 0 aliphatic carbocycles. The van der Waals surface area contributed by atoms with Gasteiger partial charge < -0.3 is 0 Å². The van der Waals surface area contributed by atoms with E-state index in [-0.39, 0.29) is 0 Å². The Hall–Kier alpha value is -1.21. The zero-order valence-electron chi connectivity index (χ0n) is 8.72. The van der Waals surface area contributed by atoms with Gasteiger partial charge in [0.15, 0.2) is 0 Å². The molecule has 2 aromatic rings. The minimum atomic E-state index is 0.301. The van der Waals surface area contributed by atoms with E-state index in [4.69, 9.17) is 0 Å². The second-order valence-corrected chi connectivity index (χ2v) is 4.44. The Morgan fingerprint density at radius 1 is 0.800 bits per heavy atom. The van der Waals surface area contributed by atoms with Crippen LogP contribution in [0.3, 0.4) is 0 Å². The molecule has 2 aromatic carbocycles. The molecule has 2 rings (SSSR count). The van der Waals surface area contributed by atoms with Crippen LogP contribution in [0.25, 0.3) is 11.1 Å². The molecule has 0 saturated carbocycles. The van der Waals surface area contributed by atoms with Crippen LogP contribution in [-0.2, 0) is 0 Å². The third-order valence-corrected chi connectivity index (χ3v) is 2.80.